The van der Waals surface area contributed by atoms with Crippen molar-refractivity contribution in [3.05, 3.63) is 0 Å². The third-order valence-corrected chi connectivity index (χ3v) is 4.45. The van der Waals surface area contributed by atoms with E-state index in [1.807, 2.05) is 0 Å². The van der Waals surface area contributed by atoms with Crippen LogP contribution in [0.1, 0.15) is 25.7 Å². The number of nitrogens with two attached hydrogens (primary N) is 1. The van der Waals surface area contributed by atoms with Crippen molar-refractivity contribution in [2.45, 2.75) is 43.8 Å². The number of fused-ring (bicyclic) bond motifs is 2. The molecule has 0 radical (unpaired) electrons. The Morgan fingerprint density at radius 3 is 2.08 bits per heavy atom. The molecule has 0 spiro atoms. The fraction of sp³-hybridized carbons (Fsp3) is 1.00. The molecule has 0 aliphatic carbocycles. The van der Waals surface area contributed by atoms with Crippen LogP contribution in [0.5, 0.6) is 0 Å². The maximum absolute atomic E-state index is 11.4. The highest BCUT2D eigenvalue weighted by Gasteiger charge is 2.44. The zero-order valence-corrected chi connectivity index (χ0v) is 8.63. The summed E-state index contributed by atoms with van der Waals surface area (Å²) in [4.78, 5) is 0. The van der Waals surface area contributed by atoms with Gasteiger partial charge in [-0.3, -0.25) is 0 Å². The van der Waals surface area contributed by atoms with Crippen molar-refractivity contribution in [3.63, 3.8) is 0 Å². The van der Waals surface area contributed by atoms with E-state index in [4.69, 9.17) is 5.73 Å². The Hall–Kier alpha value is -0.130. The predicted octanol–water partition coefficient (Wildman–Crippen LogP) is -0.0999. The Balaban J connectivity index is 2.25. The highest BCUT2D eigenvalue weighted by atomic mass is 32.2. The predicted molar refractivity (Wildman–Crippen MR) is 50.7 cm³/mol. The van der Waals surface area contributed by atoms with Crippen LogP contribution in [0.4, 0.5) is 0 Å². The van der Waals surface area contributed by atoms with E-state index in [1.54, 1.807) is 4.31 Å². The Bertz CT molecular complexity index is 287. The van der Waals surface area contributed by atoms with Gasteiger partial charge in [-0.05, 0) is 25.7 Å². The van der Waals surface area contributed by atoms with Gasteiger partial charge in [-0.15, -0.1) is 0 Å². The minimum atomic E-state index is -3.01. The third kappa shape index (κ3) is 1.60. The van der Waals surface area contributed by atoms with E-state index in [-0.39, 0.29) is 18.1 Å². The van der Waals surface area contributed by atoms with Crippen LogP contribution in [0, 0.1) is 0 Å². The highest BCUT2D eigenvalue weighted by molar-refractivity contribution is 7.88. The van der Waals surface area contributed by atoms with Crippen LogP contribution in [0.2, 0.25) is 0 Å². The van der Waals surface area contributed by atoms with Crippen molar-refractivity contribution in [3.8, 4) is 0 Å². The minimum Gasteiger partial charge on any atom is -0.328 e. The van der Waals surface area contributed by atoms with Crippen LogP contribution in [-0.2, 0) is 10.0 Å². The second kappa shape index (κ2) is 2.93. The lowest BCUT2D eigenvalue weighted by Crippen LogP contribution is -2.49. The van der Waals surface area contributed by atoms with Crippen LogP contribution in [0.15, 0.2) is 0 Å². The molecule has 2 atom stereocenters. The first-order valence-corrected chi connectivity index (χ1v) is 6.57. The molecule has 0 saturated carbocycles. The summed E-state index contributed by atoms with van der Waals surface area (Å²) in [5.41, 5.74) is 5.84. The van der Waals surface area contributed by atoms with E-state index >= 15 is 0 Å². The van der Waals surface area contributed by atoms with Gasteiger partial charge in [0.1, 0.15) is 0 Å². The van der Waals surface area contributed by atoms with Crippen LogP contribution in [0.3, 0.4) is 0 Å². The molecule has 0 unspecified atom stereocenters. The standard InChI is InChI=1S/C8H16N2O2S/c1-13(11,12)10-7-2-3-8(10)5-6(9)4-7/h6-8H,2-5,9H2,1H3/t7-,8-/m1/s1. The molecule has 13 heavy (non-hydrogen) atoms. The summed E-state index contributed by atoms with van der Waals surface area (Å²) in [5, 5.41) is 0. The van der Waals surface area contributed by atoms with Crippen LogP contribution < -0.4 is 5.73 Å². The second-order valence-corrected chi connectivity index (χ2v) is 6.10. The summed E-state index contributed by atoms with van der Waals surface area (Å²) in [6.45, 7) is 0. The minimum absolute atomic E-state index is 0.184. The Morgan fingerprint density at radius 2 is 1.69 bits per heavy atom. The van der Waals surface area contributed by atoms with E-state index < -0.39 is 10.0 Å². The Labute approximate surface area is 79.1 Å². The van der Waals surface area contributed by atoms with Gasteiger partial charge in [0.15, 0.2) is 0 Å². The van der Waals surface area contributed by atoms with Crippen molar-refractivity contribution < 1.29 is 8.42 Å². The van der Waals surface area contributed by atoms with E-state index in [0.717, 1.165) is 25.7 Å². The average molecular weight is 204 g/mol. The molecule has 0 aromatic heterocycles. The van der Waals surface area contributed by atoms with Crippen molar-refractivity contribution in [2.75, 3.05) is 6.26 Å². The Kier molecular flexibility index (Phi) is 2.13. The first-order valence-electron chi connectivity index (χ1n) is 4.72. The molecule has 2 aliphatic heterocycles. The Morgan fingerprint density at radius 1 is 1.23 bits per heavy atom. The molecule has 2 fully saturated rings. The normalized spacial score (nSPS) is 40.9. The summed E-state index contributed by atoms with van der Waals surface area (Å²) in [5.74, 6) is 0. The van der Waals surface area contributed by atoms with Crippen molar-refractivity contribution in [2.24, 2.45) is 5.73 Å². The van der Waals surface area contributed by atoms with Crippen LogP contribution >= 0.6 is 0 Å². The van der Waals surface area contributed by atoms with E-state index in [2.05, 4.69) is 0 Å². The van der Waals surface area contributed by atoms with Gasteiger partial charge in [0, 0.05) is 18.1 Å². The van der Waals surface area contributed by atoms with E-state index in [0.29, 0.717) is 0 Å². The molecule has 0 aromatic rings. The first kappa shape index (κ1) is 9.43. The number of nitrogens with zero attached hydrogens (tertiary/aromatic N) is 1. The second-order valence-electron chi connectivity index (χ2n) is 4.21. The number of hydrogen-bond acceptors (Lipinski definition) is 3. The maximum atomic E-state index is 11.4. The lowest BCUT2D eigenvalue weighted by molar-refractivity contribution is 0.228. The molecule has 4 nitrogen and oxygen atoms in total. The lowest BCUT2D eigenvalue weighted by atomic mass is 10.0. The molecule has 2 saturated heterocycles. The number of piperidine rings is 1. The largest absolute Gasteiger partial charge is 0.328 e. The highest BCUT2D eigenvalue weighted by Crippen LogP contribution is 2.36. The zero-order chi connectivity index (χ0) is 9.64. The molecule has 2 aliphatic rings. The van der Waals surface area contributed by atoms with Crippen LogP contribution in [0.25, 0.3) is 0 Å². The monoisotopic (exact) mass is 204 g/mol. The molecule has 0 aromatic carbocycles. The quantitative estimate of drug-likeness (QED) is 0.648. The molecule has 2 rings (SSSR count). The van der Waals surface area contributed by atoms with Crippen LogP contribution in [-0.4, -0.2) is 37.1 Å². The van der Waals surface area contributed by atoms with E-state index in [1.165, 1.54) is 6.26 Å². The summed E-state index contributed by atoms with van der Waals surface area (Å²) in [6.07, 6.45) is 4.96. The van der Waals surface area contributed by atoms with Gasteiger partial charge >= 0.3 is 0 Å². The third-order valence-electron chi connectivity index (χ3n) is 3.09. The fourth-order valence-corrected chi connectivity index (χ4v) is 4.18. The van der Waals surface area contributed by atoms with Crippen molar-refractivity contribution >= 4 is 10.0 Å². The SMILES string of the molecule is CS(=O)(=O)N1[C@@H]2CC[C@@H]1CC(N)C2. The van der Waals surface area contributed by atoms with Crippen molar-refractivity contribution in [1.29, 1.82) is 0 Å². The van der Waals surface area contributed by atoms with Gasteiger partial charge in [-0.25, -0.2) is 8.42 Å². The van der Waals surface area contributed by atoms with Gasteiger partial charge in [0.2, 0.25) is 10.0 Å². The molecule has 0 amide bonds. The van der Waals surface area contributed by atoms with Gasteiger partial charge in [0.05, 0.1) is 6.26 Å². The molecule has 2 bridgehead atoms. The average Bonchev–Trinajstić information content (AvgIpc) is 2.23. The smallest absolute Gasteiger partial charge is 0.211 e. The van der Waals surface area contributed by atoms with Crippen molar-refractivity contribution in [1.82, 2.24) is 4.31 Å². The summed E-state index contributed by atoms with van der Waals surface area (Å²) in [6, 6.07) is 0.572. The molecule has 2 heterocycles. The topological polar surface area (TPSA) is 63.4 Å². The number of hydrogen-bond donors (Lipinski definition) is 1. The first-order chi connectivity index (χ1) is 5.98. The summed E-state index contributed by atoms with van der Waals surface area (Å²) < 4.78 is 24.6. The van der Waals surface area contributed by atoms with Gasteiger partial charge in [0.25, 0.3) is 0 Å². The lowest BCUT2D eigenvalue weighted by Gasteiger charge is -2.35. The molecule has 76 valence electrons. The van der Waals surface area contributed by atoms with Gasteiger partial charge < -0.3 is 5.73 Å². The molecule has 2 N–H and O–H groups in total. The summed E-state index contributed by atoms with van der Waals surface area (Å²) >= 11 is 0. The van der Waals surface area contributed by atoms with Gasteiger partial charge in [-0.1, -0.05) is 0 Å². The maximum Gasteiger partial charge on any atom is 0.211 e. The fourth-order valence-electron chi connectivity index (χ4n) is 2.72. The number of rotatable bonds is 1. The molecular weight excluding hydrogens is 188 g/mol. The molecular formula is C8H16N2O2S. The zero-order valence-electron chi connectivity index (χ0n) is 7.81. The summed E-state index contributed by atoms with van der Waals surface area (Å²) in [7, 11) is -3.01. The van der Waals surface area contributed by atoms with Gasteiger partial charge in [-0.2, -0.15) is 4.31 Å². The number of sulfonamides is 1. The molecule has 5 heteroatoms. The van der Waals surface area contributed by atoms with E-state index in [9.17, 15) is 8.42 Å².